The predicted molar refractivity (Wildman–Crippen MR) is 108 cm³/mol. The highest BCUT2D eigenvalue weighted by Gasteiger charge is 2.37. The lowest BCUT2D eigenvalue weighted by atomic mass is 9.90. The number of benzene rings is 1. The van der Waals surface area contributed by atoms with Gasteiger partial charge < -0.3 is 15.8 Å². The van der Waals surface area contributed by atoms with Gasteiger partial charge in [0.25, 0.3) is 5.91 Å². The first kappa shape index (κ1) is 20.4. The molecule has 1 aliphatic rings. The van der Waals surface area contributed by atoms with E-state index in [4.69, 9.17) is 10.5 Å². The molecule has 0 spiro atoms. The molecule has 0 unspecified atom stereocenters. The largest absolute Gasteiger partial charge is 0.480 e. The van der Waals surface area contributed by atoms with Crippen molar-refractivity contribution in [2.45, 2.75) is 25.9 Å². The Balaban J connectivity index is 1.65. The highest BCUT2D eigenvalue weighted by Crippen LogP contribution is 2.35. The van der Waals surface area contributed by atoms with E-state index in [1.165, 1.54) is 49.3 Å². The van der Waals surface area contributed by atoms with Crippen LogP contribution in [-0.2, 0) is 12.1 Å². The molecule has 0 aliphatic carbocycles. The summed E-state index contributed by atoms with van der Waals surface area (Å²) in [4.78, 5) is 24.7. The lowest BCUT2D eigenvalue weighted by Crippen LogP contribution is -2.38. The number of ether oxygens (including phenoxy) is 1. The molecular formula is C20H19F2N7O2. The quantitative estimate of drug-likeness (QED) is 0.658. The summed E-state index contributed by atoms with van der Waals surface area (Å²) in [5, 5.41) is 6.79. The number of anilines is 1. The van der Waals surface area contributed by atoms with Gasteiger partial charge in [-0.05, 0) is 32.0 Å². The Kier molecular flexibility index (Phi) is 4.88. The average molecular weight is 427 g/mol. The van der Waals surface area contributed by atoms with Gasteiger partial charge in [0, 0.05) is 11.3 Å². The summed E-state index contributed by atoms with van der Waals surface area (Å²) in [6.07, 6.45) is 2.58. The van der Waals surface area contributed by atoms with Gasteiger partial charge >= 0.3 is 0 Å². The fraction of sp³-hybridized carbons (Fsp3) is 0.250. The van der Waals surface area contributed by atoms with E-state index in [-0.39, 0.29) is 40.9 Å². The molecule has 1 atom stereocenters. The normalized spacial score (nSPS) is 17.6. The third-order valence-electron chi connectivity index (χ3n) is 5.00. The van der Waals surface area contributed by atoms with E-state index in [0.717, 1.165) is 0 Å². The van der Waals surface area contributed by atoms with Crippen molar-refractivity contribution in [1.82, 2.24) is 19.7 Å². The van der Waals surface area contributed by atoms with Gasteiger partial charge in [0.1, 0.15) is 28.6 Å². The van der Waals surface area contributed by atoms with Gasteiger partial charge in [0.15, 0.2) is 5.82 Å². The number of hydrogen-bond donors (Lipinski definition) is 2. The second kappa shape index (κ2) is 7.42. The monoisotopic (exact) mass is 427 g/mol. The molecule has 0 saturated heterocycles. The Morgan fingerprint density at radius 3 is 2.74 bits per heavy atom. The van der Waals surface area contributed by atoms with Crippen LogP contribution in [0.4, 0.5) is 14.5 Å². The van der Waals surface area contributed by atoms with Gasteiger partial charge in [-0.1, -0.05) is 0 Å². The maximum absolute atomic E-state index is 14.8. The van der Waals surface area contributed by atoms with E-state index in [1.807, 2.05) is 0 Å². The van der Waals surface area contributed by atoms with Crippen molar-refractivity contribution in [2.75, 3.05) is 12.4 Å². The third kappa shape index (κ3) is 3.58. The minimum atomic E-state index is -1.16. The summed E-state index contributed by atoms with van der Waals surface area (Å²) in [5.74, 6) is -1.43. The number of fused-ring (bicyclic) bond motifs is 1. The van der Waals surface area contributed by atoms with Gasteiger partial charge in [0.2, 0.25) is 5.88 Å². The number of methoxy groups -OCH3 is 1. The third-order valence-corrected chi connectivity index (χ3v) is 5.00. The zero-order chi connectivity index (χ0) is 22.3. The summed E-state index contributed by atoms with van der Waals surface area (Å²) in [5.41, 5.74) is 5.63. The summed E-state index contributed by atoms with van der Waals surface area (Å²) in [7, 11) is 1.44. The number of nitrogens with two attached hydrogens (primary N) is 1. The highest BCUT2D eigenvalue weighted by molar-refractivity contribution is 6.02. The Labute approximate surface area is 176 Å². The van der Waals surface area contributed by atoms with E-state index >= 15 is 0 Å². The van der Waals surface area contributed by atoms with Gasteiger partial charge in [-0.25, -0.2) is 18.7 Å². The number of carbonyl (C=O) groups is 1. The number of aryl methyl sites for hydroxylation is 1. The maximum Gasteiger partial charge on any atom is 0.275 e. The molecule has 4 rings (SSSR count). The number of aliphatic imine (C=N–C) groups is 1. The number of amides is 1. The molecule has 0 bridgehead atoms. The number of rotatable bonds is 4. The molecule has 160 valence electrons. The average Bonchev–Trinajstić information content (AvgIpc) is 3.02. The number of nitrogens with zero attached hydrogens (tertiary/aromatic N) is 5. The molecule has 3 heterocycles. The molecule has 0 radical (unpaired) electrons. The maximum atomic E-state index is 14.8. The van der Waals surface area contributed by atoms with Crippen LogP contribution in [0.3, 0.4) is 0 Å². The van der Waals surface area contributed by atoms with Crippen molar-refractivity contribution >= 4 is 17.4 Å². The summed E-state index contributed by atoms with van der Waals surface area (Å²) in [6, 6.07) is 4.08. The molecule has 31 heavy (non-hydrogen) atoms. The van der Waals surface area contributed by atoms with Crippen molar-refractivity contribution in [3.63, 3.8) is 0 Å². The van der Waals surface area contributed by atoms with Crippen LogP contribution < -0.4 is 15.8 Å². The first-order valence-corrected chi connectivity index (χ1v) is 9.28. The minimum absolute atomic E-state index is 0.0601. The van der Waals surface area contributed by atoms with Crippen LogP contribution in [0.25, 0.3) is 0 Å². The topological polar surface area (TPSA) is 120 Å². The van der Waals surface area contributed by atoms with Crippen molar-refractivity contribution in [3.8, 4) is 5.88 Å². The second-order valence-corrected chi connectivity index (χ2v) is 7.27. The van der Waals surface area contributed by atoms with Crippen LogP contribution in [0.1, 0.15) is 34.4 Å². The molecule has 2 aromatic heterocycles. The van der Waals surface area contributed by atoms with Gasteiger partial charge in [0.05, 0.1) is 31.7 Å². The molecule has 3 N–H and O–H groups in total. The Morgan fingerprint density at radius 2 is 2.06 bits per heavy atom. The van der Waals surface area contributed by atoms with E-state index in [0.29, 0.717) is 5.69 Å². The summed E-state index contributed by atoms with van der Waals surface area (Å²) >= 11 is 0. The van der Waals surface area contributed by atoms with Crippen LogP contribution >= 0.6 is 0 Å². The van der Waals surface area contributed by atoms with Crippen molar-refractivity contribution in [1.29, 1.82) is 0 Å². The standard InChI is InChI=1S/C20H19F2N7O2/c1-10-16(22)17-18(23)27-20(2,9-29(17)28-10)12-6-11(4-5-13(12)21)26-19(30)14-7-25-15(31-3)8-24-14/h4-8H,9H2,1-3H3,(H2,23,27)(H,26,30)/t20-/m0/s1. The fourth-order valence-electron chi connectivity index (χ4n) is 3.46. The molecule has 3 aromatic rings. The van der Waals surface area contributed by atoms with Crippen LogP contribution in [0.15, 0.2) is 35.6 Å². The van der Waals surface area contributed by atoms with Crippen LogP contribution in [0.5, 0.6) is 5.88 Å². The summed E-state index contributed by atoms with van der Waals surface area (Å²) in [6.45, 7) is 3.26. The van der Waals surface area contributed by atoms with Crippen LogP contribution in [0.2, 0.25) is 0 Å². The molecule has 1 aliphatic heterocycles. The lowest BCUT2D eigenvalue weighted by Gasteiger charge is -2.31. The van der Waals surface area contributed by atoms with Gasteiger partial charge in [-0.3, -0.25) is 14.5 Å². The van der Waals surface area contributed by atoms with Gasteiger partial charge in [-0.15, -0.1) is 0 Å². The van der Waals surface area contributed by atoms with Crippen LogP contribution in [0, 0.1) is 18.6 Å². The Morgan fingerprint density at radius 1 is 1.29 bits per heavy atom. The van der Waals surface area contributed by atoms with Crippen LogP contribution in [-0.4, -0.2) is 38.6 Å². The van der Waals surface area contributed by atoms with E-state index in [9.17, 15) is 13.6 Å². The minimum Gasteiger partial charge on any atom is -0.480 e. The zero-order valence-corrected chi connectivity index (χ0v) is 17.0. The smallest absolute Gasteiger partial charge is 0.275 e. The number of nitrogens with one attached hydrogen (secondary N) is 1. The first-order valence-electron chi connectivity index (χ1n) is 9.28. The molecular weight excluding hydrogens is 408 g/mol. The summed E-state index contributed by atoms with van der Waals surface area (Å²) < 4.78 is 35.3. The second-order valence-electron chi connectivity index (χ2n) is 7.27. The van der Waals surface area contributed by atoms with Crippen molar-refractivity contribution < 1.29 is 18.3 Å². The zero-order valence-electron chi connectivity index (χ0n) is 17.0. The molecule has 0 saturated carbocycles. The molecule has 1 aromatic carbocycles. The van der Waals surface area contributed by atoms with E-state index in [2.05, 4.69) is 25.4 Å². The molecule has 1 amide bonds. The SMILES string of the molecule is COc1cnc(C(=O)Nc2ccc(F)c([C@]3(C)Cn4nc(C)c(F)c4C(N)=N3)c2)cn1. The Hall–Kier alpha value is -3.89. The number of hydrogen-bond acceptors (Lipinski definition) is 7. The molecule has 0 fully saturated rings. The lowest BCUT2D eigenvalue weighted by molar-refractivity contribution is 0.102. The van der Waals surface area contributed by atoms with E-state index in [1.54, 1.807) is 6.92 Å². The van der Waals surface area contributed by atoms with Gasteiger partial charge in [-0.2, -0.15) is 5.10 Å². The van der Waals surface area contributed by atoms with Crippen molar-refractivity contribution in [2.24, 2.45) is 10.7 Å². The fourth-order valence-corrected chi connectivity index (χ4v) is 3.46. The number of halogens is 2. The number of carbonyl (C=O) groups excluding carboxylic acids is 1. The molecule has 11 heteroatoms. The number of amidine groups is 1. The predicted octanol–water partition coefficient (Wildman–Crippen LogP) is 2.15. The highest BCUT2D eigenvalue weighted by atomic mass is 19.1. The van der Waals surface area contributed by atoms with E-state index < -0.39 is 23.1 Å². The number of aromatic nitrogens is 4. The van der Waals surface area contributed by atoms with Crippen molar-refractivity contribution in [3.05, 3.63) is 64.9 Å². The first-order chi connectivity index (χ1) is 14.7. The Bertz CT molecular complexity index is 1210. The molecule has 9 nitrogen and oxygen atoms in total.